The van der Waals surface area contributed by atoms with Crippen LogP contribution in [0.25, 0.3) is 0 Å². The van der Waals surface area contributed by atoms with E-state index in [-0.39, 0.29) is 18.5 Å². The number of carboxylic acids is 1. The Balaban J connectivity index is 0.00000112. The molecule has 2 heterocycles. The molecule has 2 unspecified atom stereocenters. The molecule has 5 nitrogen and oxygen atoms in total. The highest BCUT2D eigenvalue weighted by Crippen LogP contribution is 2.20. The second-order valence-corrected chi connectivity index (χ2v) is 3.39. The first-order chi connectivity index (χ1) is 6.75. The lowest BCUT2D eigenvalue weighted by atomic mass is 10.2. The van der Waals surface area contributed by atoms with Crippen LogP contribution in [-0.2, 0) is 16.1 Å². The number of carbonyl (C=O) groups is 1. The van der Waals surface area contributed by atoms with Gasteiger partial charge in [0, 0.05) is 12.4 Å². The summed E-state index contributed by atoms with van der Waals surface area (Å²) in [5.74, 6) is -0.868. The molecule has 15 heavy (non-hydrogen) atoms. The molecule has 0 amide bonds. The second kappa shape index (κ2) is 5.14. The van der Waals surface area contributed by atoms with Gasteiger partial charge in [0.15, 0.2) is 6.10 Å². The zero-order valence-electron chi connectivity index (χ0n) is 8.07. The molecule has 1 fully saturated rings. The van der Waals surface area contributed by atoms with Gasteiger partial charge < -0.3 is 9.84 Å². The molecule has 84 valence electrons. The molecule has 0 spiro atoms. The highest BCUT2D eigenvalue weighted by atomic mass is 35.5. The van der Waals surface area contributed by atoms with Crippen molar-refractivity contribution in [2.24, 2.45) is 0 Å². The van der Waals surface area contributed by atoms with Gasteiger partial charge >= 0.3 is 5.97 Å². The summed E-state index contributed by atoms with van der Waals surface area (Å²) in [5.41, 5.74) is 0. The number of hydrogen-bond acceptors (Lipinski definition) is 3. The first-order valence-corrected chi connectivity index (χ1v) is 4.61. The molecule has 1 aliphatic heterocycles. The lowest BCUT2D eigenvalue weighted by Gasteiger charge is -2.10. The van der Waals surface area contributed by atoms with Crippen LogP contribution in [0.5, 0.6) is 0 Å². The monoisotopic (exact) mass is 232 g/mol. The number of carboxylic acid groups (broad SMARTS) is 1. The minimum atomic E-state index is -0.868. The van der Waals surface area contributed by atoms with Gasteiger partial charge in [-0.1, -0.05) is 0 Å². The summed E-state index contributed by atoms with van der Waals surface area (Å²) in [6, 6.07) is 1.84. The highest BCUT2D eigenvalue weighted by molar-refractivity contribution is 5.85. The summed E-state index contributed by atoms with van der Waals surface area (Å²) in [6.07, 6.45) is 4.28. The standard InChI is InChI=1S/C9H12N2O3.ClH/c12-9(13)8-3-2-7(14-8)6-11-5-1-4-10-11;/h1,4-5,7-8H,2-3,6H2,(H,12,13);1H. The summed E-state index contributed by atoms with van der Waals surface area (Å²) in [6.45, 7) is 0.636. The van der Waals surface area contributed by atoms with Crippen LogP contribution in [0.4, 0.5) is 0 Å². The van der Waals surface area contributed by atoms with E-state index in [0.29, 0.717) is 13.0 Å². The Morgan fingerprint density at radius 2 is 2.40 bits per heavy atom. The summed E-state index contributed by atoms with van der Waals surface area (Å²) in [7, 11) is 0. The van der Waals surface area contributed by atoms with Crippen LogP contribution in [0.15, 0.2) is 18.5 Å². The van der Waals surface area contributed by atoms with Gasteiger partial charge in [-0.25, -0.2) is 4.79 Å². The Hall–Kier alpha value is -1.07. The number of halogens is 1. The van der Waals surface area contributed by atoms with Gasteiger partial charge in [0.2, 0.25) is 0 Å². The first-order valence-electron chi connectivity index (χ1n) is 4.61. The maximum atomic E-state index is 10.6. The van der Waals surface area contributed by atoms with E-state index in [1.54, 1.807) is 10.9 Å². The number of rotatable bonds is 3. The Kier molecular flexibility index (Phi) is 4.11. The van der Waals surface area contributed by atoms with Crippen LogP contribution in [0.3, 0.4) is 0 Å². The third-order valence-corrected chi connectivity index (χ3v) is 2.33. The zero-order chi connectivity index (χ0) is 9.97. The number of ether oxygens (including phenoxy) is 1. The molecule has 0 bridgehead atoms. The van der Waals surface area contributed by atoms with Gasteiger partial charge in [0.05, 0.1) is 12.6 Å². The largest absolute Gasteiger partial charge is 0.479 e. The highest BCUT2D eigenvalue weighted by Gasteiger charge is 2.30. The van der Waals surface area contributed by atoms with Gasteiger partial charge in [-0.3, -0.25) is 4.68 Å². The van der Waals surface area contributed by atoms with Crippen molar-refractivity contribution in [3.05, 3.63) is 18.5 Å². The number of nitrogens with zero attached hydrogens (tertiary/aromatic N) is 2. The fraction of sp³-hybridized carbons (Fsp3) is 0.556. The summed E-state index contributed by atoms with van der Waals surface area (Å²) in [5, 5.41) is 12.7. The molecule has 0 aromatic carbocycles. The van der Waals surface area contributed by atoms with Crippen LogP contribution in [0.1, 0.15) is 12.8 Å². The second-order valence-electron chi connectivity index (χ2n) is 3.39. The number of hydrogen-bond donors (Lipinski definition) is 1. The van der Waals surface area contributed by atoms with E-state index in [1.807, 2.05) is 12.3 Å². The molecule has 1 aromatic rings. The molecular formula is C9H13ClN2O3. The van der Waals surface area contributed by atoms with Crippen molar-refractivity contribution in [1.82, 2.24) is 9.78 Å². The maximum absolute atomic E-state index is 10.6. The van der Waals surface area contributed by atoms with Crippen LogP contribution >= 0.6 is 12.4 Å². The topological polar surface area (TPSA) is 64.3 Å². The van der Waals surface area contributed by atoms with Crippen LogP contribution in [0, 0.1) is 0 Å². The molecule has 0 aliphatic carbocycles. The van der Waals surface area contributed by atoms with Crippen molar-refractivity contribution in [3.63, 3.8) is 0 Å². The molecule has 1 aliphatic rings. The van der Waals surface area contributed by atoms with E-state index in [9.17, 15) is 4.79 Å². The van der Waals surface area contributed by atoms with Gasteiger partial charge in [0.1, 0.15) is 0 Å². The van der Waals surface area contributed by atoms with Crippen molar-refractivity contribution < 1.29 is 14.6 Å². The van der Waals surface area contributed by atoms with Gasteiger partial charge in [-0.2, -0.15) is 5.10 Å². The average Bonchev–Trinajstić information content (AvgIpc) is 2.75. The van der Waals surface area contributed by atoms with Crippen LogP contribution in [-0.4, -0.2) is 33.1 Å². The molecule has 1 aromatic heterocycles. The number of aromatic nitrogens is 2. The molecule has 0 saturated carbocycles. The number of aliphatic carboxylic acids is 1. The van der Waals surface area contributed by atoms with Crippen molar-refractivity contribution in [3.8, 4) is 0 Å². The third kappa shape index (κ3) is 2.94. The van der Waals surface area contributed by atoms with Crippen molar-refractivity contribution in [1.29, 1.82) is 0 Å². The Morgan fingerprint density at radius 3 is 2.93 bits per heavy atom. The fourth-order valence-corrected chi connectivity index (χ4v) is 1.64. The Labute approximate surface area is 93.4 Å². The predicted octanol–water partition coefficient (Wildman–Crippen LogP) is 0.937. The SMILES string of the molecule is Cl.O=C(O)C1CCC(Cn2cccn2)O1. The zero-order valence-corrected chi connectivity index (χ0v) is 8.89. The Bertz CT molecular complexity index is 315. The predicted molar refractivity (Wildman–Crippen MR) is 55.0 cm³/mol. The van der Waals surface area contributed by atoms with E-state index in [0.717, 1.165) is 6.42 Å². The van der Waals surface area contributed by atoms with Gasteiger partial charge in [-0.15, -0.1) is 12.4 Å². The Morgan fingerprint density at radius 1 is 1.60 bits per heavy atom. The van der Waals surface area contributed by atoms with Crippen molar-refractivity contribution in [2.75, 3.05) is 0 Å². The molecule has 0 radical (unpaired) electrons. The van der Waals surface area contributed by atoms with E-state index < -0.39 is 12.1 Å². The molecule has 1 saturated heterocycles. The third-order valence-electron chi connectivity index (χ3n) is 2.33. The van der Waals surface area contributed by atoms with Crippen LogP contribution < -0.4 is 0 Å². The summed E-state index contributed by atoms with van der Waals surface area (Å²) >= 11 is 0. The lowest BCUT2D eigenvalue weighted by Crippen LogP contribution is -2.22. The smallest absolute Gasteiger partial charge is 0.332 e. The van der Waals surface area contributed by atoms with Gasteiger partial charge in [0.25, 0.3) is 0 Å². The maximum Gasteiger partial charge on any atom is 0.332 e. The quantitative estimate of drug-likeness (QED) is 0.842. The molecule has 2 atom stereocenters. The average molecular weight is 233 g/mol. The molecule has 1 N–H and O–H groups in total. The summed E-state index contributed by atoms with van der Waals surface area (Å²) < 4.78 is 7.09. The van der Waals surface area contributed by atoms with Gasteiger partial charge in [-0.05, 0) is 18.9 Å². The molecule has 2 rings (SSSR count). The van der Waals surface area contributed by atoms with E-state index in [2.05, 4.69) is 5.10 Å². The first kappa shape index (κ1) is 12.0. The normalized spacial score (nSPS) is 24.8. The minimum absolute atomic E-state index is 0. The minimum Gasteiger partial charge on any atom is -0.479 e. The van der Waals surface area contributed by atoms with Crippen molar-refractivity contribution in [2.45, 2.75) is 31.6 Å². The fourth-order valence-electron chi connectivity index (χ4n) is 1.64. The van der Waals surface area contributed by atoms with Crippen LogP contribution in [0.2, 0.25) is 0 Å². The molecule has 6 heteroatoms. The van der Waals surface area contributed by atoms with E-state index in [1.165, 1.54) is 0 Å². The summed E-state index contributed by atoms with van der Waals surface area (Å²) in [4.78, 5) is 10.6. The lowest BCUT2D eigenvalue weighted by molar-refractivity contribution is -0.149. The van der Waals surface area contributed by atoms with Crippen molar-refractivity contribution >= 4 is 18.4 Å². The van der Waals surface area contributed by atoms with E-state index in [4.69, 9.17) is 9.84 Å². The molecular weight excluding hydrogens is 220 g/mol. The van der Waals surface area contributed by atoms with E-state index >= 15 is 0 Å².